The Bertz CT molecular complexity index is 2330. The summed E-state index contributed by atoms with van der Waals surface area (Å²) in [7, 11) is -2.37. The molecule has 1 N–H and O–H groups in total. The Hall–Kier alpha value is -5.00. The summed E-state index contributed by atoms with van der Waals surface area (Å²) >= 11 is 0. The van der Waals surface area contributed by atoms with E-state index in [1.54, 1.807) is 25.3 Å². The van der Waals surface area contributed by atoms with Crippen LogP contribution in [0.4, 0.5) is 13.2 Å². The molecule has 5 atom stereocenters. The lowest BCUT2D eigenvalue weighted by Crippen LogP contribution is -2.46. The van der Waals surface area contributed by atoms with E-state index in [0.29, 0.717) is 59.2 Å². The topological polar surface area (TPSA) is 176 Å². The predicted octanol–water partition coefficient (Wildman–Crippen LogP) is 6.43. The molecule has 0 spiro atoms. The van der Waals surface area contributed by atoms with Crippen molar-refractivity contribution >= 4 is 44.3 Å². The monoisotopic (exact) mass is 871 g/mol. The van der Waals surface area contributed by atoms with Crippen molar-refractivity contribution in [2.75, 3.05) is 13.7 Å². The number of amides is 2. The number of rotatable bonds is 12. The number of carbonyl (C=O) groups excluding carboxylic acids is 4. The second-order valence-electron chi connectivity index (χ2n) is 17.1. The van der Waals surface area contributed by atoms with Crippen molar-refractivity contribution in [2.24, 2.45) is 17.3 Å². The molecule has 2 amide bonds. The first-order valence-corrected chi connectivity index (χ1v) is 22.4. The molecule has 4 aliphatic rings. The van der Waals surface area contributed by atoms with Gasteiger partial charge in [-0.15, -0.1) is 0 Å². The second-order valence-corrected chi connectivity index (χ2v) is 19.0. The number of nitrogens with one attached hydrogen (secondary N) is 1. The predicted molar refractivity (Wildman–Crippen MR) is 217 cm³/mol. The van der Waals surface area contributed by atoms with Gasteiger partial charge in [0.2, 0.25) is 27.7 Å². The number of methoxy groups -OCH3 is 1. The molecule has 1 aromatic carbocycles. The van der Waals surface area contributed by atoms with E-state index in [1.165, 1.54) is 11.0 Å². The molecule has 1 saturated heterocycles. The maximum atomic E-state index is 14.8. The average molecular weight is 872 g/mol. The Morgan fingerprint density at radius 1 is 1.07 bits per heavy atom. The molecule has 2 aliphatic carbocycles. The van der Waals surface area contributed by atoms with Crippen molar-refractivity contribution in [3.8, 4) is 17.4 Å². The number of benzene rings is 1. The molecule has 61 heavy (non-hydrogen) atoms. The van der Waals surface area contributed by atoms with Gasteiger partial charge in [-0.2, -0.15) is 18.3 Å². The SMILES string of the molecule is COc1ccc2c(O[C@@H]3C[C@H]4C(=O)C[C@]5(C(=O)NS(=O)(=O)C6CC6)C[C@H]5/C=C\CCCCC[C@H](CC(=O)c5ccn(CC(F)(F)F)n5)C(=O)N4C3)cc(OC(C)C)nc2c1C. The lowest BCUT2D eigenvalue weighted by Gasteiger charge is -2.29. The fourth-order valence-electron chi connectivity index (χ4n) is 8.59. The number of ketones is 2. The second kappa shape index (κ2) is 17.4. The smallest absolute Gasteiger partial charge is 0.408 e. The van der Waals surface area contributed by atoms with Gasteiger partial charge in [0.25, 0.3) is 0 Å². The maximum absolute atomic E-state index is 14.8. The number of aromatic nitrogens is 3. The molecule has 4 heterocycles. The quantitative estimate of drug-likeness (QED) is 0.157. The highest BCUT2D eigenvalue weighted by atomic mass is 32.2. The van der Waals surface area contributed by atoms with Gasteiger partial charge in [-0.25, -0.2) is 13.4 Å². The van der Waals surface area contributed by atoms with E-state index in [1.807, 2.05) is 32.9 Å². The van der Waals surface area contributed by atoms with Crippen LogP contribution in [-0.2, 0) is 31.0 Å². The van der Waals surface area contributed by atoms with Crippen molar-refractivity contribution in [1.29, 1.82) is 0 Å². The fourth-order valence-corrected chi connectivity index (χ4v) is 9.97. The van der Waals surface area contributed by atoms with Crippen LogP contribution < -0.4 is 18.9 Å². The molecule has 2 saturated carbocycles. The number of Topliss-reactive ketones (excluding diaryl/α,β-unsaturated/α-hetero) is 2. The van der Waals surface area contributed by atoms with Gasteiger partial charge in [0.15, 0.2) is 11.6 Å². The Morgan fingerprint density at radius 3 is 2.54 bits per heavy atom. The summed E-state index contributed by atoms with van der Waals surface area (Å²) < 4.78 is 86.2. The first kappa shape index (κ1) is 44.1. The highest BCUT2D eigenvalue weighted by Gasteiger charge is 2.61. The molecule has 3 fully saturated rings. The van der Waals surface area contributed by atoms with Gasteiger partial charge in [0, 0.05) is 48.4 Å². The number of aryl methyl sites for hydroxylation is 1. The Labute approximate surface area is 352 Å². The molecular weight excluding hydrogens is 820 g/mol. The zero-order chi connectivity index (χ0) is 43.9. The number of nitrogens with zero attached hydrogens (tertiary/aromatic N) is 4. The van der Waals surface area contributed by atoms with Crippen molar-refractivity contribution in [3.63, 3.8) is 0 Å². The summed E-state index contributed by atoms with van der Waals surface area (Å²) in [5.74, 6) is -2.40. The van der Waals surface area contributed by atoms with Gasteiger partial charge < -0.3 is 19.1 Å². The number of halogens is 3. The number of ether oxygens (including phenoxy) is 3. The van der Waals surface area contributed by atoms with Gasteiger partial charge in [0.1, 0.15) is 29.8 Å². The van der Waals surface area contributed by atoms with Gasteiger partial charge in [-0.05, 0) is 83.4 Å². The van der Waals surface area contributed by atoms with E-state index >= 15 is 0 Å². The van der Waals surface area contributed by atoms with Gasteiger partial charge >= 0.3 is 6.18 Å². The van der Waals surface area contributed by atoms with Crippen LogP contribution in [0.15, 0.2) is 42.6 Å². The van der Waals surface area contributed by atoms with Crippen molar-refractivity contribution < 1.29 is 55.0 Å². The standard InChI is InChI=1S/C43H52F3N5O9S/c1-25(2)59-38-20-37(31-14-15-36(58-4)26(3)39(31)47-38)60-29-19-33-35(53)22-42(41(55)49-61(56,57)30-12-13-30)21-28(42)11-9-7-5-6-8-10-27(40(54)51(33)23-29)18-34(52)32-16-17-50(48-32)24-43(44,45)46/h9,11,14-17,20,25,27-30,33H,5-8,10,12-13,18-19,21-24H2,1-4H3,(H,49,55)/b11-9-/t27-,28-,29-,33+,42-/m1/s1. The normalized spacial score (nSPS) is 25.6. The first-order chi connectivity index (χ1) is 28.9. The number of alkyl halides is 3. The van der Waals surface area contributed by atoms with Crippen molar-refractivity contribution in [1.82, 2.24) is 24.4 Å². The van der Waals surface area contributed by atoms with Crippen molar-refractivity contribution in [3.05, 3.63) is 53.9 Å². The number of carbonyl (C=O) groups is 4. The summed E-state index contributed by atoms with van der Waals surface area (Å²) in [4.78, 5) is 63.1. The van der Waals surface area contributed by atoms with Crippen LogP contribution >= 0.6 is 0 Å². The summed E-state index contributed by atoms with van der Waals surface area (Å²) in [6.45, 7) is 4.11. The molecule has 330 valence electrons. The van der Waals surface area contributed by atoms with E-state index in [9.17, 15) is 40.8 Å². The lowest BCUT2D eigenvalue weighted by atomic mass is 9.90. The number of fused-ring (bicyclic) bond motifs is 3. The number of allylic oxidation sites excluding steroid dienone is 2. The number of hydrogen-bond acceptors (Lipinski definition) is 11. The summed E-state index contributed by atoms with van der Waals surface area (Å²) in [6, 6.07) is 5.31. The third-order valence-corrected chi connectivity index (χ3v) is 13.8. The average Bonchev–Trinajstić information content (AvgIpc) is 4.07. The highest BCUT2D eigenvalue weighted by Crippen LogP contribution is 2.57. The van der Waals surface area contributed by atoms with Crippen LogP contribution in [0.1, 0.15) is 101 Å². The van der Waals surface area contributed by atoms with Crippen LogP contribution in [-0.4, -0.2) is 94.8 Å². The molecule has 0 unspecified atom stereocenters. The number of hydrogen-bond donors (Lipinski definition) is 1. The number of pyridine rings is 1. The fraction of sp³-hybridized carbons (Fsp3) is 0.581. The maximum Gasteiger partial charge on any atom is 0.408 e. The van der Waals surface area contributed by atoms with Crippen LogP contribution in [0, 0.1) is 24.2 Å². The van der Waals surface area contributed by atoms with E-state index in [2.05, 4.69) is 9.82 Å². The minimum absolute atomic E-state index is 0.0188. The Morgan fingerprint density at radius 2 is 1.84 bits per heavy atom. The molecule has 7 rings (SSSR count). The summed E-state index contributed by atoms with van der Waals surface area (Å²) in [5, 5.41) is 3.82. The molecule has 3 aromatic rings. The zero-order valence-corrected chi connectivity index (χ0v) is 35.5. The minimum Gasteiger partial charge on any atom is -0.496 e. The molecule has 0 bridgehead atoms. The molecule has 0 radical (unpaired) electrons. The lowest BCUT2D eigenvalue weighted by molar-refractivity contribution is -0.142. The molecular formula is C43H52F3N5O9S. The van der Waals surface area contributed by atoms with Gasteiger partial charge in [-0.3, -0.25) is 28.6 Å². The number of sulfonamides is 1. The van der Waals surface area contributed by atoms with Crippen LogP contribution in [0.25, 0.3) is 10.9 Å². The highest BCUT2D eigenvalue weighted by molar-refractivity contribution is 7.90. The van der Waals surface area contributed by atoms with E-state index in [4.69, 9.17) is 19.2 Å². The van der Waals surface area contributed by atoms with Crippen LogP contribution in [0.3, 0.4) is 0 Å². The molecule has 2 aliphatic heterocycles. The van der Waals surface area contributed by atoms with E-state index in [-0.39, 0.29) is 62.2 Å². The third-order valence-electron chi connectivity index (χ3n) is 12.0. The third kappa shape index (κ3) is 10.0. The van der Waals surface area contributed by atoms with E-state index in [0.717, 1.165) is 18.2 Å². The molecule has 14 nitrogen and oxygen atoms in total. The van der Waals surface area contributed by atoms with Crippen molar-refractivity contribution in [2.45, 2.75) is 128 Å². The summed E-state index contributed by atoms with van der Waals surface area (Å²) in [6.07, 6.45) is 2.67. The van der Waals surface area contributed by atoms with Gasteiger partial charge in [-0.1, -0.05) is 25.0 Å². The Kier molecular flexibility index (Phi) is 12.6. The zero-order valence-electron chi connectivity index (χ0n) is 34.7. The molecule has 2 aromatic heterocycles. The molecule has 18 heteroatoms. The van der Waals surface area contributed by atoms with Gasteiger partial charge in [0.05, 0.1) is 42.0 Å². The van der Waals surface area contributed by atoms with Crippen LogP contribution in [0.5, 0.6) is 17.4 Å². The largest absolute Gasteiger partial charge is 0.496 e. The van der Waals surface area contributed by atoms with Crippen LogP contribution in [0.2, 0.25) is 0 Å². The van der Waals surface area contributed by atoms with E-state index < -0.39 is 74.9 Å². The summed E-state index contributed by atoms with van der Waals surface area (Å²) in [5.41, 5.74) is -0.252. The Balaban J connectivity index is 1.22. The minimum atomic E-state index is -4.56. The first-order valence-electron chi connectivity index (χ1n) is 20.9.